The summed E-state index contributed by atoms with van der Waals surface area (Å²) in [5.41, 5.74) is 0.158. The highest BCUT2D eigenvalue weighted by Crippen LogP contribution is 2.31. The summed E-state index contributed by atoms with van der Waals surface area (Å²) < 4.78 is 43.7. The first-order chi connectivity index (χ1) is 13.2. The van der Waals surface area contributed by atoms with Crippen LogP contribution < -0.4 is 4.74 Å². The van der Waals surface area contributed by atoms with Crippen molar-refractivity contribution in [1.29, 1.82) is 0 Å². The van der Waals surface area contributed by atoms with E-state index in [9.17, 15) is 27.9 Å². The molecule has 8 heteroatoms. The maximum atomic E-state index is 12.8. The van der Waals surface area contributed by atoms with Crippen molar-refractivity contribution in [3.05, 3.63) is 65.2 Å². The second-order valence-electron chi connectivity index (χ2n) is 6.42. The number of carbonyl (C=O) groups excluding carboxylic acids is 2. The third-order valence-corrected chi connectivity index (χ3v) is 5.42. The van der Waals surface area contributed by atoms with Crippen LogP contribution in [0.1, 0.15) is 29.2 Å². The maximum Gasteiger partial charge on any atom is 0.416 e. The number of Topliss-reactive ketones (excluding diaryl/α,β-unsaturated/α-hetero) is 1. The molecule has 148 valence electrons. The van der Waals surface area contributed by atoms with Gasteiger partial charge in [-0.25, -0.2) is 0 Å². The van der Waals surface area contributed by atoms with Gasteiger partial charge in [-0.2, -0.15) is 13.2 Å². The van der Waals surface area contributed by atoms with Crippen LogP contribution in [0.5, 0.6) is 5.75 Å². The molecule has 1 aliphatic heterocycles. The minimum atomic E-state index is -4.48. The molecule has 0 bridgehead atoms. The molecule has 1 N–H and O–H groups in total. The van der Waals surface area contributed by atoms with Gasteiger partial charge in [-0.3, -0.25) is 9.59 Å². The first-order valence-electron chi connectivity index (χ1n) is 8.51. The Labute approximate surface area is 163 Å². The van der Waals surface area contributed by atoms with E-state index in [0.29, 0.717) is 12.2 Å². The number of halogens is 3. The van der Waals surface area contributed by atoms with Crippen LogP contribution in [0.4, 0.5) is 13.2 Å². The Kier molecular flexibility index (Phi) is 6.10. The number of alkyl halides is 3. The number of aliphatic hydroxyl groups is 1. The molecule has 1 saturated heterocycles. The lowest BCUT2D eigenvalue weighted by atomic mass is 10.1. The first-order valence-corrected chi connectivity index (χ1v) is 9.39. The first kappa shape index (κ1) is 20.4. The molecule has 0 saturated carbocycles. The van der Waals surface area contributed by atoms with Gasteiger partial charge in [0.15, 0.2) is 10.9 Å². The van der Waals surface area contributed by atoms with Crippen molar-refractivity contribution in [2.45, 2.75) is 30.4 Å². The summed E-state index contributed by atoms with van der Waals surface area (Å²) in [6.07, 6.45) is -5.26. The van der Waals surface area contributed by atoms with Crippen molar-refractivity contribution in [3.8, 4) is 5.75 Å². The van der Waals surface area contributed by atoms with E-state index in [1.54, 1.807) is 24.3 Å². The van der Waals surface area contributed by atoms with E-state index in [1.165, 1.54) is 12.1 Å². The van der Waals surface area contributed by atoms with Gasteiger partial charge in [-0.15, -0.1) is 0 Å². The Morgan fingerprint density at radius 1 is 1.14 bits per heavy atom. The van der Waals surface area contributed by atoms with Crippen molar-refractivity contribution in [3.63, 3.8) is 0 Å². The summed E-state index contributed by atoms with van der Waals surface area (Å²) in [7, 11) is 0. The van der Waals surface area contributed by atoms with Gasteiger partial charge in [-0.1, -0.05) is 36.0 Å². The van der Waals surface area contributed by atoms with E-state index in [0.717, 1.165) is 29.5 Å². The van der Waals surface area contributed by atoms with Crippen LogP contribution in [0.25, 0.3) is 0 Å². The molecule has 0 amide bonds. The molecular weight excluding hydrogens is 393 g/mol. The second-order valence-corrected chi connectivity index (χ2v) is 7.68. The largest absolute Gasteiger partial charge is 0.491 e. The summed E-state index contributed by atoms with van der Waals surface area (Å²) in [5.74, 6) is 0.371. The molecule has 0 radical (unpaired) electrons. The summed E-state index contributed by atoms with van der Waals surface area (Å²) in [5, 5.41) is 9.63. The van der Waals surface area contributed by atoms with Crippen LogP contribution in [-0.2, 0) is 22.2 Å². The van der Waals surface area contributed by atoms with Gasteiger partial charge in [0.25, 0.3) is 0 Å². The zero-order valence-corrected chi connectivity index (χ0v) is 15.4. The van der Waals surface area contributed by atoms with Crippen LogP contribution in [0.3, 0.4) is 0 Å². The molecule has 1 aliphatic rings. The van der Waals surface area contributed by atoms with E-state index in [2.05, 4.69) is 0 Å². The zero-order chi connectivity index (χ0) is 20.3. The fourth-order valence-corrected chi connectivity index (χ4v) is 3.84. The second kappa shape index (κ2) is 8.36. The number of carbonyl (C=O) groups is 2. The number of rotatable bonds is 6. The van der Waals surface area contributed by atoms with E-state index in [-0.39, 0.29) is 34.7 Å². The Morgan fingerprint density at radius 3 is 2.46 bits per heavy atom. The molecule has 2 aromatic rings. The topological polar surface area (TPSA) is 63.6 Å². The summed E-state index contributed by atoms with van der Waals surface area (Å²) in [6, 6.07) is 11.3. The van der Waals surface area contributed by atoms with Gasteiger partial charge in [0.2, 0.25) is 0 Å². The van der Waals surface area contributed by atoms with Gasteiger partial charge in [0.05, 0.1) is 17.2 Å². The lowest BCUT2D eigenvalue weighted by Gasteiger charge is -2.15. The Balaban J connectivity index is 1.56. The van der Waals surface area contributed by atoms with Crippen LogP contribution >= 0.6 is 11.8 Å². The Bertz CT molecular complexity index is 864. The summed E-state index contributed by atoms with van der Waals surface area (Å²) >= 11 is 1.05. The molecule has 2 aromatic carbocycles. The van der Waals surface area contributed by atoms with Crippen molar-refractivity contribution in [2.75, 3.05) is 6.61 Å². The fraction of sp³-hybridized carbons (Fsp3) is 0.300. The molecule has 4 nitrogen and oxygen atoms in total. The van der Waals surface area contributed by atoms with Crippen LogP contribution in [0.15, 0.2) is 48.5 Å². The van der Waals surface area contributed by atoms with Crippen molar-refractivity contribution < 1.29 is 32.6 Å². The van der Waals surface area contributed by atoms with Gasteiger partial charge in [-0.05, 0) is 41.8 Å². The van der Waals surface area contributed by atoms with E-state index >= 15 is 0 Å². The third-order valence-electron chi connectivity index (χ3n) is 4.30. The summed E-state index contributed by atoms with van der Waals surface area (Å²) in [6.45, 7) is -0.202. The van der Waals surface area contributed by atoms with Gasteiger partial charge in [0.1, 0.15) is 18.5 Å². The molecule has 2 atom stereocenters. The average Bonchev–Trinajstić information content (AvgIpc) is 2.97. The third kappa shape index (κ3) is 5.14. The molecule has 3 rings (SSSR count). The van der Waals surface area contributed by atoms with Crippen molar-refractivity contribution in [1.82, 2.24) is 0 Å². The Morgan fingerprint density at radius 2 is 1.86 bits per heavy atom. The predicted octanol–water partition coefficient (Wildman–Crippen LogP) is 3.96. The predicted molar refractivity (Wildman–Crippen MR) is 98.1 cm³/mol. The molecule has 1 fully saturated rings. The quantitative estimate of drug-likeness (QED) is 0.731. The highest BCUT2D eigenvalue weighted by Gasteiger charge is 2.32. The molecule has 1 unspecified atom stereocenters. The number of hydrogen-bond acceptors (Lipinski definition) is 5. The van der Waals surface area contributed by atoms with Gasteiger partial charge < -0.3 is 9.84 Å². The molecule has 0 aromatic heterocycles. The number of ketones is 1. The van der Waals surface area contributed by atoms with Crippen molar-refractivity contribution >= 4 is 22.7 Å². The highest BCUT2D eigenvalue weighted by atomic mass is 32.2. The molecule has 1 heterocycles. The molecule has 28 heavy (non-hydrogen) atoms. The number of aliphatic hydroxyl groups excluding tert-OH is 1. The van der Waals surface area contributed by atoms with Crippen molar-refractivity contribution in [2.24, 2.45) is 0 Å². The minimum absolute atomic E-state index is 0.0239. The minimum Gasteiger partial charge on any atom is -0.491 e. The SMILES string of the molecule is O=C1CC(=O)C(Cc2ccc(OC[C@@H](O)c3cccc(C(F)(F)F)c3)cc2)S1. The fourth-order valence-electron chi connectivity index (χ4n) is 2.81. The van der Waals surface area contributed by atoms with E-state index in [4.69, 9.17) is 4.74 Å². The maximum absolute atomic E-state index is 12.8. The summed E-state index contributed by atoms with van der Waals surface area (Å²) in [4.78, 5) is 23.0. The van der Waals surface area contributed by atoms with Crippen LogP contribution in [0, 0.1) is 0 Å². The van der Waals surface area contributed by atoms with Gasteiger partial charge >= 0.3 is 6.18 Å². The monoisotopic (exact) mass is 410 g/mol. The highest BCUT2D eigenvalue weighted by molar-refractivity contribution is 8.15. The number of ether oxygens (including phenoxy) is 1. The average molecular weight is 410 g/mol. The van der Waals surface area contributed by atoms with Gasteiger partial charge in [0, 0.05) is 0 Å². The zero-order valence-electron chi connectivity index (χ0n) is 14.6. The molecular formula is C20H17F3O4S. The molecule has 0 spiro atoms. The molecule has 0 aliphatic carbocycles. The Hall–Kier alpha value is -2.32. The normalized spacial score (nSPS) is 18.4. The standard InChI is InChI=1S/C20H17F3O4S/c21-20(22,23)14-3-1-2-13(9-14)17(25)11-27-15-6-4-12(5-7-15)8-18-16(24)10-19(26)28-18/h1-7,9,17-18,25H,8,10-11H2/t17-,18?/m1/s1. The number of thioether (sulfide) groups is 1. The van der Waals surface area contributed by atoms with E-state index < -0.39 is 17.8 Å². The number of hydrogen-bond donors (Lipinski definition) is 1. The number of benzene rings is 2. The lowest BCUT2D eigenvalue weighted by molar-refractivity contribution is -0.137. The smallest absolute Gasteiger partial charge is 0.416 e. The van der Waals surface area contributed by atoms with E-state index in [1.807, 2.05) is 0 Å². The van der Waals surface area contributed by atoms with Crippen LogP contribution in [-0.4, -0.2) is 27.9 Å². The van der Waals surface area contributed by atoms with Crippen LogP contribution in [0.2, 0.25) is 0 Å². The lowest BCUT2D eigenvalue weighted by Crippen LogP contribution is -2.13.